The molecule has 0 aliphatic rings. The van der Waals surface area contributed by atoms with Crippen molar-refractivity contribution in [2.45, 2.75) is 19.9 Å². The number of nitrogens with one attached hydrogen (secondary N) is 2. The third-order valence-electron chi connectivity index (χ3n) is 2.48. The van der Waals surface area contributed by atoms with Crippen molar-refractivity contribution in [1.82, 2.24) is 10.6 Å². The molecule has 0 heterocycles. The molecule has 0 aromatic heterocycles. The first-order valence-corrected chi connectivity index (χ1v) is 5.64. The van der Waals surface area contributed by atoms with Gasteiger partial charge in [0.15, 0.2) is 0 Å². The third kappa shape index (κ3) is 3.51. The van der Waals surface area contributed by atoms with Crippen LogP contribution in [0.4, 0.5) is 0 Å². The minimum Gasteiger partial charge on any atom is -0.350 e. The Morgan fingerprint density at radius 1 is 1.50 bits per heavy atom. The maximum atomic E-state index is 11.7. The Morgan fingerprint density at radius 2 is 2.19 bits per heavy atom. The van der Waals surface area contributed by atoms with Crippen molar-refractivity contribution in [2.75, 3.05) is 13.6 Å². The monoisotopic (exact) mass is 240 g/mol. The number of likely N-dealkylation sites (N-methyl/N-ethyl adjacent to an activating group) is 1. The molecule has 1 rings (SSSR count). The van der Waals surface area contributed by atoms with E-state index in [1.54, 1.807) is 18.2 Å². The summed E-state index contributed by atoms with van der Waals surface area (Å²) >= 11 is 5.89. The van der Waals surface area contributed by atoms with Crippen LogP contribution in [-0.2, 0) is 0 Å². The minimum absolute atomic E-state index is 0.0677. The largest absolute Gasteiger partial charge is 0.350 e. The Kier molecular flexibility index (Phi) is 4.77. The molecule has 88 valence electrons. The molecule has 16 heavy (non-hydrogen) atoms. The molecule has 0 saturated carbocycles. The zero-order valence-electron chi connectivity index (χ0n) is 9.80. The molecule has 1 atom stereocenters. The molecular formula is C12H17ClN2O. The van der Waals surface area contributed by atoms with Gasteiger partial charge in [0.25, 0.3) is 5.91 Å². The van der Waals surface area contributed by atoms with Gasteiger partial charge in [-0.05, 0) is 44.7 Å². The quantitative estimate of drug-likeness (QED) is 0.845. The topological polar surface area (TPSA) is 41.1 Å². The molecular weight excluding hydrogens is 224 g/mol. The number of carbonyl (C=O) groups is 1. The zero-order chi connectivity index (χ0) is 12.1. The number of carbonyl (C=O) groups excluding carboxylic acids is 1. The number of aryl methyl sites for hydroxylation is 1. The highest BCUT2D eigenvalue weighted by Crippen LogP contribution is 2.16. The van der Waals surface area contributed by atoms with Crippen LogP contribution in [0.15, 0.2) is 18.2 Å². The molecule has 0 fully saturated rings. The van der Waals surface area contributed by atoms with Gasteiger partial charge in [-0.25, -0.2) is 0 Å². The summed E-state index contributed by atoms with van der Waals surface area (Å²) in [6.45, 7) is 4.50. The van der Waals surface area contributed by atoms with Gasteiger partial charge in [-0.2, -0.15) is 0 Å². The Balaban J connectivity index is 2.63. The predicted molar refractivity (Wildman–Crippen MR) is 67.0 cm³/mol. The first-order chi connectivity index (χ1) is 7.54. The van der Waals surface area contributed by atoms with Crippen molar-refractivity contribution in [1.29, 1.82) is 0 Å². The lowest BCUT2D eigenvalue weighted by Crippen LogP contribution is -2.37. The van der Waals surface area contributed by atoms with E-state index in [1.165, 1.54) is 0 Å². The molecule has 1 aromatic carbocycles. The molecule has 2 N–H and O–H groups in total. The van der Waals surface area contributed by atoms with Gasteiger partial charge in [-0.3, -0.25) is 4.79 Å². The molecule has 0 aliphatic carbocycles. The second kappa shape index (κ2) is 5.87. The Morgan fingerprint density at radius 3 is 2.75 bits per heavy atom. The van der Waals surface area contributed by atoms with Crippen molar-refractivity contribution in [3.05, 3.63) is 34.3 Å². The van der Waals surface area contributed by atoms with Crippen LogP contribution < -0.4 is 10.6 Å². The summed E-state index contributed by atoms with van der Waals surface area (Å²) in [6, 6.07) is 5.53. The van der Waals surface area contributed by atoms with Crippen molar-refractivity contribution >= 4 is 17.5 Å². The van der Waals surface area contributed by atoms with Crippen LogP contribution in [0.5, 0.6) is 0 Å². The molecule has 1 unspecified atom stereocenters. The molecule has 0 aliphatic heterocycles. The zero-order valence-corrected chi connectivity index (χ0v) is 10.6. The fraction of sp³-hybridized carbons (Fsp3) is 0.417. The van der Waals surface area contributed by atoms with E-state index < -0.39 is 0 Å². The Labute approximate surface area is 101 Å². The van der Waals surface area contributed by atoms with Gasteiger partial charge in [0, 0.05) is 23.2 Å². The van der Waals surface area contributed by atoms with E-state index in [2.05, 4.69) is 10.6 Å². The lowest BCUT2D eigenvalue weighted by molar-refractivity contribution is 0.0950. The number of halogens is 1. The number of hydrogen-bond donors (Lipinski definition) is 2. The van der Waals surface area contributed by atoms with E-state index in [4.69, 9.17) is 11.6 Å². The van der Waals surface area contributed by atoms with Crippen molar-refractivity contribution < 1.29 is 4.79 Å². The number of benzene rings is 1. The summed E-state index contributed by atoms with van der Waals surface area (Å²) in [7, 11) is 1.86. The van der Waals surface area contributed by atoms with Crippen LogP contribution in [0, 0.1) is 6.92 Å². The van der Waals surface area contributed by atoms with E-state index in [9.17, 15) is 4.79 Å². The summed E-state index contributed by atoms with van der Waals surface area (Å²) < 4.78 is 0. The first-order valence-electron chi connectivity index (χ1n) is 5.26. The highest BCUT2D eigenvalue weighted by atomic mass is 35.5. The Hall–Kier alpha value is -1.06. The van der Waals surface area contributed by atoms with E-state index in [0.717, 1.165) is 5.56 Å². The van der Waals surface area contributed by atoms with Crippen LogP contribution in [-0.4, -0.2) is 25.5 Å². The number of hydrogen-bond acceptors (Lipinski definition) is 2. The van der Waals surface area contributed by atoms with Gasteiger partial charge in [-0.15, -0.1) is 0 Å². The lowest BCUT2D eigenvalue weighted by Gasteiger charge is -2.11. The van der Waals surface area contributed by atoms with Gasteiger partial charge in [-0.1, -0.05) is 11.6 Å². The van der Waals surface area contributed by atoms with Crippen LogP contribution >= 0.6 is 11.6 Å². The van der Waals surface area contributed by atoms with E-state index in [1.807, 2.05) is 20.9 Å². The fourth-order valence-corrected chi connectivity index (χ4v) is 1.35. The summed E-state index contributed by atoms with van der Waals surface area (Å²) in [4.78, 5) is 11.7. The fourth-order valence-electron chi connectivity index (χ4n) is 1.24. The second-order valence-electron chi connectivity index (χ2n) is 3.86. The third-order valence-corrected chi connectivity index (χ3v) is 2.91. The molecule has 0 saturated heterocycles. The lowest BCUT2D eigenvalue weighted by atomic mass is 10.1. The predicted octanol–water partition coefficient (Wildman–Crippen LogP) is 1.99. The van der Waals surface area contributed by atoms with E-state index in [0.29, 0.717) is 17.1 Å². The maximum Gasteiger partial charge on any atom is 0.251 e. The average molecular weight is 241 g/mol. The van der Waals surface area contributed by atoms with Crippen LogP contribution in [0.3, 0.4) is 0 Å². The summed E-state index contributed by atoms with van der Waals surface area (Å²) in [5.74, 6) is -0.0677. The van der Waals surface area contributed by atoms with Gasteiger partial charge in [0.2, 0.25) is 0 Å². The average Bonchev–Trinajstić information content (AvgIpc) is 2.29. The molecule has 3 nitrogen and oxygen atoms in total. The van der Waals surface area contributed by atoms with Crippen LogP contribution in [0.1, 0.15) is 22.8 Å². The molecule has 0 radical (unpaired) electrons. The summed E-state index contributed by atoms with van der Waals surface area (Å²) in [5.41, 5.74) is 1.56. The summed E-state index contributed by atoms with van der Waals surface area (Å²) in [5, 5.41) is 6.59. The van der Waals surface area contributed by atoms with Crippen molar-refractivity contribution in [3.63, 3.8) is 0 Å². The minimum atomic E-state index is -0.0677. The normalized spacial score (nSPS) is 12.2. The van der Waals surface area contributed by atoms with E-state index in [-0.39, 0.29) is 11.9 Å². The number of rotatable bonds is 4. The SMILES string of the molecule is CNC(C)CNC(=O)c1ccc(Cl)c(C)c1. The standard InChI is InChI=1S/C12H17ClN2O/c1-8-6-10(4-5-11(8)13)12(16)15-7-9(2)14-3/h4-6,9,14H,7H2,1-3H3,(H,15,16). The van der Waals surface area contributed by atoms with Crippen LogP contribution in [0.2, 0.25) is 5.02 Å². The van der Waals surface area contributed by atoms with E-state index >= 15 is 0 Å². The smallest absolute Gasteiger partial charge is 0.251 e. The molecule has 0 spiro atoms. The second-order valence-corrected chi connectivity index (χ2v) is 4.27. The van der Waals surface area contributed by atoms with Gasteiger partial charge < -0.3 is 10.6 Å². The number of amides is 1. The van der Waals surface area contributed by atoms with Crippen molar-refractivity contribution in [3.8, 4) is 0 Å². The highest BCUT2D eigenvalue weighted by Gasteiger charge is 2.07. The first kappa shape index (κ1) is 13.0. The molecule has 1 aromatic rings. The highest BCUT2D eigenvalue weighted by molar-refractivity contribution is 6.31. The Bertz CT molecular complexity index is 379. The van der Waals surface area contributed by atoms with Gasteiger partial charge in [0.05, 0.1) is 0 Å². The van der Waals surface area contributed by atoms with Gasteiger partial charge >= 0.3 is 0 Å². The van der Waals surface area contributed by atoms with Crippen LogP contribution in [0.25, 0.3) is 0 Å². The molecule has 0 bridgehead atoms. The maximum absolute atomic E-state index is 11.7. The molecule has 4 heteroatoms. The van der Waals surface area contributed by atoms with Gasteiger partial charge in [0.1, 0.15) is 0 Å². The molecule has 1 amide bonds. The summed E-state index contributed by atoms with van der Waals surface area (Å²) in [6.07, 6.45) is 0. The van der Waals surface area contributed by atoms with Crippen molar-refractivity contribution in [2.24, 2.45) is 0 Å².